The van der Waals surface area contributed by atoms with Gasteiger partial charge in [-0.05, 0) is 49.4 Å². The normalized spacial score (nSPS) is 22.2. The van der Waals surface area contributed by atoms with E-state index in [1.807, 2.05) is 37.3 Å². The number of ether oxygens (including phenoxy) is 2. The van der Waals surface area contributed by atoms with Gasteiger partial charge in [-0.3, -0.25) is 9.69 Å². The van der Waals surface area contributed by atoms with Crippen LogP contribution >= 0.6 is 0 Å². The molecule has 3 heterocycles. The van der Waals surface area contributed by atoms with Crippen molar-refractivity contribution in [2.75, 3.05) is 32.7 Å². The van der Waals surface area contributed by atoms with E-state index in [0.717, 1.165) is 49.6 Å². The molecule has 6 heteroatoms. The van der Waals surface area contributed by atoms with Crippen LogP contribution in [0.4, 0.5) is 0 Å². The maximum absolute atomic E-state index is 13.1. The van der Waals surface area contributed by atoms with Gasteiger partial charge in [0.25, 0.3) is 0 Å². The van der Waals surface area contributed by atoms with E-state index in [9.17, 15) is 9.90 Å². The monoisotopic (exact) mass is 432 g/mol. The largest absolute Gasteiger partial charge is 0.507 e. The highest BCUT2D eigenvalue weighted by Crippen LogP contribution is 2.40. The number of nitrogens with zero attached hydrogens (tertiary/aromatic N) is 2. The molecule has 0 spiro atoms. The lowest BCUT2D eigenvalue weighted by atomic mass is 10.0. The highest BCUT2D eigenvalue weighted by molar-refractivity contribution is 6.13. The minimum absolute atomic E-state index is 0.163. The minimum Gasteiger partial charge on any atom is -0.507 e. The maximum Gasteiger partial charge on any atom is 0.231 e. The van der Waals surface area contributed by atoms with Gasteiger partial charge in [0.05, 0.1) is 11.1 Å². The zero-order valence-corrected chi connectivity index (χ0v) is 18.5. The van der Waals surface area contributed by atoms with Crippen molar-refractivity contribution >= 4 is 11.9 Å². The number of phenols is 1. The minimum atomic E-state index is -0.194. The SMILES string of the molecule is CCN1CCN(Cc2c(O)ccc3c2OC(=CC2=Cc4ccccc4O[C@H]2C)C3=O)CC1. The molecule has 0 aromatic heterocycles. The molecule has 3 aliphatic rings. The van der Waals surface area contributed by atoms with Crippen LogP contribution in [0, 0.1) is 0 Å². The fraction of sp³-hybridized carbons (Fsp3) is 0.346. The van der Waals surface area contributed by atoms with Crippen molar-refractivity contribution in [2.24, 2.45) is 0 Å². The molecule has 0 unspecified atom stereocenters. The lowest BCUT2D eigenvalue weighted by Gasteiger charge is -2.34. The van der Waals surface area contributed by atoms with E-state index < -0.39 is 0 Å². The van der Waals surface area contributed by atoms with E-state index in [-0.39, 0.29) is 23.4 Å². The molecule has 3 aliphatic heterocycles. The summed E-state index contributed by atoms with van der Waals surface area (Å²) in [5.41, 5.74) is 3.03. The fourth-order valence-corrected chi connectivity index (χ4v) is 4.51. The van der Waals surface area contributed by atoms with Crippen molar-refractivity contribution in [1.29, 1.82) is 0 Å². The predicted molar refractivity (Wildman–Crippen MR) is 123 cm³/mol. The van der Waals surface area contributed by atoms with Crippen molar-refractivity contribution < 1.29 is 19.4 Å². The first kappa shape index (κ1) is 20.8. The van der Waals surface area contributed by atoms with Crippen molar-refractivity contribution in [3.05, 3.63) is 70.5 Å². The lowest BCUT2D eigenvalue weighted by Crippen LogP contribution is -2.45. The van der Waals surface area contributed by atoms with Crippen LogP contribution in [-0.4, -0.2) is 59.5 Å². The number of carbonyl (C=O) groups excluding carboxylic acids is 1. The molecule has 32 heavy (non-hydrogen) atoms. The van der Waals surface area contributed by atoms with Gasteiger partial charge in [-0.1, -0.05) is 25.1 Å². The second-order valence-electron chi connectivity index (χ2n) is 8.53. The highest BCUT2D eigenvalue weighted by atomic mass is 16.5. The molecule has 5 rings (SSSR count). The molecule has 0 radical (unpaired) electrons. The molecule has 1 fully saturated rings. The summed E-state index contributed by atoms with van der Waals surface area (Å²) in [4.78, 5) is 17.8. The van der Waals surface area contributed by atoms with E-state index >= 15 is 0 Å². The van der Waals surface area contributed by atoms with E-state index in [4.69, 9.17) is 9.47 Å². The second-order valence-corrected chi connectivity index (χ2v) is 8.53. The zero-order valence-electron chi connectivity index (χ0n) is 18.5. The third kappa shape index (κ3) is 3.80. The Kier molecular flexibility index (Phi) is 5.49. The first-order valence-electron chi connectivity index (χ1n) is 11.2. The van der Waals surface area contributed by atoms with Crippen LogP contribution in [0.1, 0.15) is 35.3 Å². The topological polar surface area (TPSA) is 62.2 Å². The number of fused-ring (bicyclic) bond motifs is 2. The molecule has 0 saturated carbocycles. The second kappa shape index (κ2) is 8.45. The van der Waals surface area contributed by atoms with Gasteiger partial charge in [0, 0.05) is 38.3 Å². The number of carbonyl (C=O) groups is 1. The Morgan fingerprint density at radius 1 is 1.09 bits per heavy atom. The molecular formula is C26H28N2O4. The van der Waals surface area contributed by atoms with E-state index in [1.54, 1.807) is 18.2 Å². The maximum atomic E-state index is 13.1. The van der Waals surface area contributed by atoms with Gasteiger partial charge in [0.15, 0.2) is 5.76 Å². The van der Waals surface area contributed by atoms with Gasteiger partial charge in [-0.2, -0.15) is 0 Å². The molecule has 1 saturated heterocycles. The fourth-order valence-electron chi connectivity index (χ4n) is 4.51. The smallest absolute Gasteiger partial charge is 0.231 e. The lowest BCUT2D eigenvalue weighted by molar-refractivity contribution is 0.101. The number of para-hydroxylation sites is 1. The predicted octanol–water partition coefficient (Wildman–Crippen LogP) is 3.85. The third-order valence-corrected chi connectivity index (χ3v) is 6.52. The number of aromatic hydroxyl groups is 1. The Balaban J connectivity index is 1.41. The molecule has 0 bridgehead atoms. The van der Waals surface area contributed by atoms with Crippen LogP contribution in [0.25, 0.3) is 6.08 Å². The van der Waals surface area contributed by atoms with Crippen LogP contribution < -0.4 is 9.47 Å². The molecule has 6 nitrogen and oxygen atoms in total. The average molecular weight is 433 g/mol. The number of likely N-dealkylation sites (N-methyl/N-ethyl adjacent to an activating group) is 1. The molecule has 1 N–H and O–H groups in total. The first-order chi connectivity index (χ1) is 15.5. The number of phenolic OH excluding ortho intramolecular Hbond substituents is 1. The summed E-state index contributed by atoms with van der Waals surface area (Å²) in [5.74, 6) is 1.58. The summed E-state index contributed by atoms with van der Waals surface area (Å²) in [6.07, 6.45) is 3.60. The van der Waals surface area contributed by atoms with Crippen LogP contribution in [0.2, 0.25) is 0 Å². The zero-order chi connectivity index (χ0) is 22.2. The number of rotatable bonds is 4. The summed E-state index contributed by atoms with van der Waals surface area (Å²) in [6, 6.07) is 11.1. The van der Waals surface area contributed by atoms with Crippen LogP contribution in [0.15, 0.2) is 53.8 Å². The number of piperazine rings is 1. The van der Waals surface area contributed by atoms with E-state index in [1.165, 1.54) is 0 Å². The van der Waals surface area contributed by atoms with Crippen LogP contribution in [-0.2, 0) is 6.54 Å². The molecule has 0 aliphatic carbocycles. The quantitative estimate of drug-likeness (QED) is 0.741. The Morgan fingerprint density at radius 3 is 2.62 bits per heavy atom. The highest BCUT2D eigenvalue weighted by Gasteiger charge is 2.33. The summed E-state index contributed by atoms with van der Waals surface area (Å²) in [5, 5.41) is 10.6. The summed E-state index contributed by atoms with van der Waals surface area (Å²) < 4.78 is 12.1. The first-order valence-corrected chi connectivity index (χ1v) is 11.2. The standard InChI is InChI=1S/C26H28N2O4/c1-3-27-10-12-28(13-11-27)16-21-22(29)9-8-20-25(30)24(32-26(20)21)15-19-14-18-6-4-5-7-23(18)31-17(19)2/h4-9,14-15,17,29H,3,10-13,16H2,1-2H3/t17-/m0/s1. The number of Topliss-reactive ketones (excluding diaryl/α,β-unsaturated/α-hetero) is 1. The molecule has 0 amide bonds. The summed E-state index contributed by atoms with van der Waals surface area (Å²) in [6.45, 7) is 9.60. The number of hydrogen-bond acceptors (Lipinski definition) is 6. The van der Waals surface area contributed by atoms with Gasteiger partial charge in [-0.15, -0.1) is 0 Å². The average Bonchev–Trinajstić information content (AvgIpc) is 3.12. The summed E-state index contributed by atoms with van der Waals surface area (Å²) >= 11 is 0. The molecule has 1 atom stereocenters. The molecular weight excluding hydrogens is 404 g/mol. The number of allylic oxidation sites excluding steroid dienone is 1. The van der Waals surface area contributed by atoms with E-state index in [2.05, 4.69) is 16.7 Å². The molecule has 166 valence electrons. The van der Waals surface area contributed by atoms with Gasteiger partial charge in [-0.25, -0.2) is 0 Å². The van der Waals surface area contributed by atoms with Crippen molar-refractivity contribution in [1.82, 2.24) is 9.80 Å². The van der Waals surface area contributed by atoms with Crippen molar-refractivity contribution in [3.8, 4) is 17.2 Å². The number of ketones is 1. The number of hydrogen-bond donors (Lipinski definition) is 1. The Labute approximate surface area is 188 Å². The van der Waals surface area contributed by atoms with Crippen molar-refractivity contribution in [3.63, 3.8) is 0 Å². The summed E-state index contributed by atoms with van der Waals surface area (Å²) in [7, 11) is 0. The van der Waals surface area contributed by atoms with Crippen LogP contribution in [0.5, 0.6) is 17.2 Å². The van der Waals surface area contributed by atoms with Crippen molar-refractivity contribution in [2.45, 2.75) is 26.5 Å². The number of benzene rings is 2. The molecule has 2 aromatic carbocycles. The van der Waals surface area contributed by atoms with Crippen LogP contribution in [0.3, 0.4) is 0 Å². The molecule has 2 aromatic rings. The van der Waals surface area contributed by atoms with Gasteiger partial charge >= 0.3 is 0 Å². The van der Waals surface area contributed by atoms with Gasteiger partial charge in [0.2, 0.25) is 5.78 Å². The Morgan fingerprint density at radius 2 is 1.84 bits per heavy atom. The van der Waals surface area contributed by atoms with Gasteiger partial charge in [0.1, 0.15) is 23.4 Å². The third-order valence-electron chi connectivity index (χ3n) is 6.52. The van der Waals surface area contributed by atoms with Gasteiger partial charge < -0.3 is 19.5 Å². The Bertz CT molecular complexity index is 1110. The van der Waals surface area contributed by atoms with E-state index in [0.29, 0.717) is 23.4 Å². The Hall–Kier alpha value is -3.09.